The van der Waals surface area contributed by atoms with Gasteiger partial charge in [-0.3, -0.25) is 9.80 Å². The van der Waals surface area contributed by atoms with Crippen molar-refractivity contribution in [2.75, 3.05) is 26.2 Å². The van der Waals surface area contributed by atoms with E-state index < -0.39 is 0 Å². The fourth-order valence-electron chi connectivity index (χ4n) is 4.68. The van der Waals surface area contributed by atoms with Gasteiger partial charge in [0.25, 0.3) is 0 Å². The number of benzene rings is 2. The van der Waals surface area contributed by atoms with Gasteiger partial charge in [-0.2, -0.15) is 0 Å². The molecule has 4 heteroatoms. The molecule has 1 aliphatic heterocycles. The van der Waals surface area contributed by atoms with Gasteiger partial charge in [0.15, 0.2) is 0 Å². The summed E-state index contributed by atoms with van der Waals surface area (Å²) in [6.07, 6.45) is 0. The molecule has 1 saturated heterocycles. The summed E-state index contributed by atoms with van der Waals surface area (Å²) < 4.78 is 0. The van der Waals surface area contributed by atoms with Gasteiger partial charge in [0.1, 0.15) is 11.5 Å². The zero-order chi connectivity index (χ0) is 23.8. The lowest BCUT2D eigenvalue weighted by Gasteiger charge is -2.35. The normalized spacial score (nSPS) is 16.5. The highest BCUT2D eigenvalue weighted by Crippen LogP contribution is 2.36. The Hall–Kier alpha value is -2.04. The third-order valence-electron chi connectivity index (χ3n) is 6.54. The van der Waals surface area contributed by atoms with Crippen LogP contribution >= 0.6 is 0 Å². The summed E-state index contributed by atoms with van der Waals surface area (Å²) in [5.41, 5.74) is 6.34. The molecule has 2 aromatic carbocycles. The maximum absolute atomic E-state index is 10.9. The first-order valence-electron chi connectivity index (χ1n) is 11.9. The predicted octanol–water partition coefficient (Wildman–Crippen LogP) is 5.63. The number of piperazine rings is 1. The fourth-order valence-corrected chi connectivity index (χ4v) is 4.68. The Bertz CT molecular complexity index is 879. The van der Waals surface area contributed by atoms with Crippen LogP contribution in [0, 0.1) is 13.8 Å². The Kier molecular flexibility index (Phi) is 6.97. The summed E-state index contributed by atoms with van der Waals surface area (Å²) in [6, 6.07) is 8.46. The maximum Gasteiger partial charge on any atom is 0.123 e. The minimum Gasteiger partial charge on any atom is -0.507 e. The van der Waals surface area contributed by atoms with Crippen LogP contribution in [0.15, 0.2) is 24.3 Å². The standard InChI is InChI=1S/C28H42N2O2/c1-19-13-21(25(31)23(15-19)27(3,4)5)17-29-9-11-30(12-10-29)18-22-14-20(2)16-24(26(22)32)28(6,7)8/h13-16,31-32H,9-12,17-18H2,1-8H3. The molecule has 2 aromatic rings. The van der Waals surface area contributed by atoms with Crippen molar-refractivity contribution in [3.8, 4) is 11.5 Å². The number of aromatic hydroxyl groups is 2. The summed E-state index contributed by atoms with van der Waals surface area (Å²) in [5, 5.41) is 21.8. The van der Waals surface area contributed by atoms with Crippen LogP contribution in [-0.2, 0) is 23.9 Å². The van der Waals surface area contributed by atoms with E-state index in [0.717, 1.165) is 61.5 Å². The number of hydrogen-bond donors (Lipinski definition) is 2. The van der Waals surface area contributed by atoms with E-state index in [1.807, 2.05) is 0 Å². The van der Waals surface area contributed by atoms with Crippen molar-refractivity contribution in [1.29, 1.82) is 0 Å². The molecular weight excluding hydrogens is 396 g/mol. The second-order valence-electron chi connectivity index (χ2n) is 11.7. The Labute approximate surface area is 194 Å². The number of phenols is 2. The summed E-state index contributed by atoms with van der Waals surface area (Å²) in [6.45, 7) is 22.5. The van der Waals surface area contributed by atoms with Crippen LogP contribution in [0.3, 0.4) is 0 Å². The molecule has 0 radical (unpaired) electrons. The second-order valence-corrected chi connectivity index (χ2v) is 11.7. The molecule has 0 aromatic heterocycles. The zero-order valence-electron chi connectivity index (χ0n) is 21.3. The molecule has 32 heavy (non-hydrogen) atoms. The van der Waals surface area contributed by atoms with E-state index in [-0.39, 0.29) is 10.8 Å². The molecule has 2 N–H and O–H groups in total. The smallest absolute Gasteiger partial charge is 0.123 e. The lowest BCUT2D eigenvalue weighted by Crippen LogP contribution is -2.45. The molecular formula is C28H42N2O2. The number of phenolic OH excluding ortho intramolecular Hbond substituents is 2. The first-order valence-corrected chi connectivity index (χ1v) is 11.9. The molecule has 0 saturated carbocycles. The van der Waals surface area contributed by atoms with Gasteiger partial charge in [0.2, 0.25) is 0 Å². The van der Waals surface area contributed by atoms with Gasteiger partial charge < -0.3 is 10.2 Å². The number of aryl methyl sites for hydroxylation is 2. The molecule has 0 aliphatic carbocycles. The van der Waals surface area contributed by atoms with Crippen molar-refractivity contribution >= 4 is 0 Å². The van der Waals surface area contributed by atoms with Crippen LogP contribution < -0.4 is 0 Å². The minimum absolute atomic E-state index is 0.0781. The molecule has 1 aliphatic rings. The Morgan fingerprint density at radius 3 is 1.22 bits per heavy atom. The molecule has 0 amide bonds. The highest BCUT2D eigenvalue weighted by Gasteiger charge is 2.25. The average molecular weight is 439 g/mol. The highest BCUT2D eigenvalue weighted by molar-refractivity contribution is 5.47. The molecule has 0 atom stereocenters. The zero-order valence-corrected chi connectivity index (χ0v) is 21.3. The summed E-state index contributed by atoms with van der Waals surface area (Å²) in [4.78, 5) is 4.85. The van der Waals surface area contributed by atoms with E-state index in [0.29, 0.717) is 11.5 Å². The van der Waals surface area contributed by atoms with E-state index in [9.17, 15) is 10.2 Å². The highest BCUT2D eigenvalue weighted by atomic mass is 16.3. The lowest BCUT2D eigenvalue weighted by atomic mass is 9.84. The number of rotatable bonds is 4. The van der Waals surface area contributed by atoms with Crippen LogP contribution in [0.4, 0.5) is 0 Å². The summed E-state index contributed by atoms with van der Waals surface area (Å²) in [5.74, 6) is 0.898. The van der Waals surface area contributed by atoms with E-state index in [2.05, 4.69) is 89.5 Å². The third-order valence-corrected chi connectivity index (χ3v) is 6.54. The van der Waals surface area contributed by atoms with E-state index in [1.54, 1.807) is 0 Å². The largest absolute Gasteiger partial charge is 0.507 e. The van der Waals surface area contributed by atoms with Crippen LogP contribution in [0.25, 0.3) is 0 Å². The van der Waals surface area contributed by atoms with Gasteiger partial charge >= 0.3 is 0 Å². The lowest BCUT2D eigenvalue weighted by molar-refractivity contribution is 0.120. The quantitative estimate of drug-likeness (QED) is 0.650. The number of nitrogens with zero attached hydrogens (tertiary/aromatic N) is 2. The topological polar surface area (TPSA) is 46.9 Å². The summed E-state index contributed by atoms with van der Waals surface area (Å²) in [7, 11) is 0. The van der Waals surface area contributed by atoms with Crippen molar-refractivity contribution in [3.05, 3.63) is 57.6 Å². The molecule has 176 valence electrons. The molecule has 0 unspecified atom stereocenters. The monoisotopic (exact) mass is 438 g/mol. The molecule has 0 bridgehead atoms. The first-order chi connectivity index (χ1) is 14.8. The average Bonchev–Trinajstić information content (AvgIpc) is 2.66. The fraction of sp³-hybridized carbons (Fsp3) is 0.571. The Morgan fingerprint density at radius 2 is 0.938 bits per heavy atom. The Balaban J connectivity index is 1.67. The van der Waals surface area contributed by atoms with Gasteiger partial charge in [-0.25, -0.2) is 0 Å². The van der Waals surface area contributed by atoms with Gasteiger partial charge in [0.05, 0.1) is 0 Å². The van der Waals surface area contributed by atoms with Crippen LogP contribution in [0.5, 0.6) is 11.5 Å². The third kappa shape index (κ3) is 5.65. The van der Waals surface area contributed by atoms with Crippen molar-refractivity contribution in [1.82, 2.24) is 9.80 Å². The predicted molar refractivity (Wildman–Crippen MR) is 134 cm³/mol. The van der Waals surface area contributed by atoms with E-state index in [4.69, 9.17) is 0 Å². The second kappa shape index (κ2) is 9.07. The van der Waals surface area contributed by atoms with Gasteiger partial charge in [0, 0.05) is 50.4 Å². The maximum atomic E-state index is 10.9. The minimum atomic E-state index is -0.0781. The molecule has 1 fully saturated rings. The van der Waals surface area contributed by atoms with Gasteiger partial charge in [-0.1, -0.05) is 76.9 Å². The Morgan fingerprint density at radius 1 is 0.625 bits per heavy atom. The van der Waals surface area contributed by atoms with Crippen LogP contribution in [0.1, 0.15) is 74.9 Å². The van der Waals surface area contributed by atoms with Crippen molar-refractivity contribution < 1.29 is 10.2 Å². The first kappa shape index (κ1) is 24.6. The van der Waals surface area contributed by atoms with Crippen molar-refractivity contribution in [3.63, 3.8) is 0 Å². The molecule has 0 spiro atoms. The van der Waals surface area contributed by atoms with Crippen molar-refractivity contribution in [2.45, 2.75) is 79.3 Å². The molecule has 1 heterocycles. The van der Waals surface area contributed by atoms with E-state index in [1.165, 1.54) is 11.1 Å². The molecule has 3 rings (SSSR count). The van der Waals surface area contributed by atoms with Gasteiger partial charge in [-0.05, 0) is 35.8 Å². The van der Waals surface area contributed by atoms with E-state index >= 15 is 0 Å². The van der Waals surface area contributed by atoms with Gasteiger partial charge in [-0.15, -0.1) is 0 Å². The SMILES string of the molecule is Cc1cc(CN2CCN(Cc3cc(C)cc(C(C)(C)C)c3O)CC2)c(O)c(C(C)(C)C)c1. The van der Waals surface area contributed by atoms with Crippen LogP contribution in [0.2, 0.25) is 0 Å². The van der Waals surface area contributed by atoms with Crippen LogP contribution in [-0.4, -0.2) is 46.2 Å². The number of hydrogen-bond acceptors (Lipinski definition) is 4. The van der Waals surface area contributed by atoms with Crippen molar-refractivity contribution in [2.24, 2.45) is 0 Å². The molecule has 4 nitrogen and oxygen atoms in total. The summed E-state index contributed by atoms with van der Waals surface area (Å²) >= 11 is 0.